The topological polar surface area (TPSA) is 93.5 Å². The molecule has 2 N–H and O–H groups in total. The summed E-state index contributed by atoms with van der Waals surface area (Å²) < 4.78 is 35.6. The van der Waals surface area contributed by atoms with Gasteiger partial charge in [0.25, 0.3) is 0 Å². The SMILES string of the molecule is Cn1cc(C(CO)NS(=O)(=O)c2cccc3c2OC(C)(C)C3)cn1. The third-order valence-corrected chi connectivity index (χ3v) is 5.45. The highest BCUT2D eigenvalue weighted by Gasteiger charge is 2.35. The molecule has 0 fully saturated rings. The Morgan fingerprint density at radius 3 is 2.83 bits per heavy atom. The number of aliphatic hydroxyl groups is 1. The highest BCUT2D eigenvalue weighted by molar-refractivity contribution is 7.89. The molecule has 1 aliphatic rings. The summed E-state index contributed by atoms with van der Waals surface area (Å²) in [6.07, 6.45) is 3.84. The largest absolute Gasteiger partial charge is 0.486 e. The van der Waals surface area contributed by atoms with Crippen molar-refractivity contribution in [3.63, 3.8) is 0 Å². The second kappa shape index (κ2) is 5.87. The van der Waals surface area contributed by atoms with E-state index in [0.717, 1.165) is 5.56 Å². The van der Waals surface area contributed by atoms with Crippen molar-refractivity contribution in [2.24, 2.45) is 7.05 Å². The van der Waals surface area contributed by atoms with Gasteiger partial charge in [-0.2, -0.15) is 5.10 Å². The Bertz CT molecular complexity index is 858. The van der Waals surface area contributed by atoms with Crippen LogP contribution in [0.4, 0.5) is 0 Å². The number of aromatic nitrogens is 2. The highest BCUT2D eigenvalue weighted by atomic mass is 32.2. The van der Waals surface area contributed by atoms with Crippen LogP contribution in [-0.2, 0) is 23.5 Å². The van der Waals surface area contributed by atoms with Crippen molar-refractivity contribution in [2.75, 3.05) is 6.61 Å². The quantitative estimate of drug-likeness (QED) is 0.843. The molecule has 24 heavy (non-hydrogen) atoms. The van der Waals surface area contributed by atoms with Crippen LogP contribution >= 0.6 is 0 Å². The summed E-state index contributed by atoms with van der Waals surface area (Å²) in [6, 6.07) is 4.32. The molecule has 1 atom stereocenters. The van der Waals surface area contributed by atoms with Crippen LogP contribution in [0.3, 0.4) is 0 Å². The fourth-order valence-corrected chi connectivity index (χ4v) is 4.27. The minimum Gasteiger partial charge on any atom is -0.486 e. The van der Waals surface area contributed by atoms with Gasteiger partial charge in [-0.3, -0.25) is 4.68 Å². The van der Waals surface area contributed by atoms with Crippen LogP contribution in [0.25, 0.3) is 0 Å². The van der Waals surface area contributed by atoms with E-state index in [0.29, 0.717) is 17.7 Å². The van der Waals surface area contributed by atoms with E-state index >= 15 is 0 Å². The van der Waals surface area contributed by atoms with Crippen molar-refractivity contribution in [3.8, 4) is 5.75 Å². The van der Waals surface area contributed by atoms with E-state index in [1.54, 1.807) is 24.0 Å². The first-order chi connectivity index (χ1) is 11.2. The zero-order valence-corrected chi connectivity index (χ0v) is 14.7. The van der Waals surface area contributed by atoms with Crippen molar-refractivity contribution >= 4 is 10.0 Å². The van der Waals surface area contributed by atoms with Crippen molar-refractivity contribution < 1.29 is 18.3 Å². The maximum Gasteiger partial charge on any atom is 0.244 e. The van der Waals surface area contributed by atoms with Crippen LogP contribution in [0.2, 0.25) is 0 Å². The Morgan fingerprint density at radius 1 is 1.46 bits per heavy atom. The van der Waals surface area contributed by atoms with Gasteiger partial charge in [0.05, 0.1) is 18.8 Å². The van der Waals surface area contributed by atoms with Gasteiger partial charge in [-0.1, -0.05) is 12.1 Å². The molecule has 1 unspecified atom stereocenters. The molecule has 0 amide bonds. The van der Waals surface area contributed by atoms with Gasteiger partial charge < -0.3 is 9.84 Å². The molecule has 1 aliphatic heterocycles. The molecular weight excluding hydrogens is 330 g/mol. The second-order valence-electron chi connectivity index (χ2n) is 6.59. The predicted octanol–water partition coefficient (Wildman–Crippen LogP) is 1.15. The molecule has 0 spiro atoms. The van der Waals surface area contributed by atoms with E-state index in [2.05, 4.69) is 9.82 Å². The fraction of sp³-hybridized carbons (Fsp3) is 0.438. The Balaban J connectivity index is 1.94. The molecule has 0 saturated carbocycles. The molecule has 130 valence electrons. The summed E-state index contributed by atoms with van der Waals surface area (Å²) >= 11 is 0. The Labute approximate surface area is 141 Å². The molecule has 7 nitrogen and oxygen atoms in total. The van der Waals surface area contributed by atoms with Gasteiger partial charge >= 0.3 is 0 Å². The Morgan fingerprint density at radius 2 is 2.21 bits per heavy atom. The lowest BCUT2D eigenvalue weighted by atomic mass is 10.0. The van der Waals surface area contributed by atoms with E-state index in [4.69, 9.17) is 4.74 Å². The number of nitrogens with zero attached hydrogens (tertiary/aromatic N) is 2. The van der Waals surface area contributed by atoms with Gasteiger partial charge in [-0.25, -0.2) is 13.1 Å². The van der Waals surface area contributed by atoms with Crippen LogP contribution in [0, 0.1) is 0 Å². The van der Waals surface area contributed by atoms with E-state index in [9.17, 15) is 13.5 Å². The lowest BCUT2D eigenvalue weighted by molar-refractivity contribution is 0.135. The van der Waals surface area contributed by atoms with E-state index in [1.165, 1.54) is 12.3 Å². The number of aryl methyl sites for hydroxylation is 1. The average molecular weight is 351 g/mol. The lowest BCUT2D eigenvalue weighted by Gasteiger charge is -2.19. The molecule has 0 aliphatic carbocycles. The van der Waals surface area contributed by atoms with E-state index < -0.39 is 21.7 Å². The monoisotopic (exact) mass is 351 g/mol. The molecule has 2 heterocycles. The third kappa shape index (κ3) is 3.17. The van der Waals surface area contributed by atoms with Crippen molar-refractivity contribution in [1.82, 2.24) is 14.5 Å². The molecule has 0 saturated heterocycles. The summed E-state index contributed by atoms with van der Waals surface area (Å²) in [5, 5.41) is 13.6. The molecule has 1 aromatic heterocycles. The van der Waals surface area contributed by atoms with Crippen LogP contribution in [-0.4, -0.2) is 35.5 Å². The van der Waals surface area contributed by atoms with Crippen molar-refractivity contribution in [3.05, 3.63) is 41.7 Å². The van der Waals surface area contributed by atoms with Crippen LogP contribution in [0.5, 0.6) is 5.75 Å². The fourth-order valence-electron chi connectivity index (χ4n) is 2.88. The summed E-state index contributed by atoms with van der Waals surface area (Å²) in [7, 11) is -2.13. The number of hydrogen-bond acceptors (Lipinski definition) is 5. The normalized spacial score (nSPS) is 17.3. The lowest BCUT2D eigenvalue weighted by Crippen LogP contribution is -2.31. The number of nitrogens with one attached hydrogen (secondary N) is 1. The number of rotatable bonds is 5. The summed E-state index contributed by atoms with van der Waals surface area (Å²) in [5.74, 6) is 0.387. The number of fused-ring (bicyclic) bond motifs is 1. The van der Waals surface area contributed by atoms with E-state index in [1.807, 2.05) is 19.9 Å². The molecule has 0 bridgehead atoms. The molecule has 2 aromatic rings. The number of benzene rings is 1. The first-order valence-corrected chi connectivity index (χ1v) is 9.13. The minimum atomic E-state index is -3.86. The van der Waals surface area contributed by atoms with Crippen LogP contribution in [0.1, 0.15) is 31.0 Å². The third-order valence-electron chi connectivity index (χ3n) is 3.95. The predicted molar refractivity (Wildman–Crippen MR) is 88.2 cm³/mol. The standard InChI is InChI=1S/C16H21N3O4S/c1-16(2)7-11-5-4-6-14(15(11)23-16)24(21,22)18-13(10-20)12-8-17-19(3)9-12/h4-6,8-9,13,18,20H,7,10H2,1-3H3. The second-order valence-corrected chi connectivity index (χ2v) is 8.27. The number of aliphatic hydroxyl groups excluding tert-OH is 1. The summed E-state index contributed by atoms with van der Waals surface area (Å²) in [4.78, 5) is 0.0907. The van der Waals surface area contributed by atoms with Gasteiger partial charge in [0.1, 0.15) is 16.2 Å². The molecule has 8 heteroatoms. The Kier molecular flexibility index (Phi) is 4.15. The van der Waals surface area contributed by atoms with Crippen molar-refractivity contribution in [2.45, 2.75) is 36.8 Å². The highest BCUT2D eigenvalue weighted by Crippen LogP contribution is 2.39. The maximum atomic E-state index is 12.8. The number of para-hydroxylation sites is 1. The number of ether oxygens (including phenoxy) is 1. The first kappa shape index (κ1) is 16.9. The average Bonchev–Trinajstić information content (AvgIpc) is 3.05. The number of hydrogen-bond donors (Lipinski definition) is 2. The summed E-state index contributed by atoms with van der Waals surface area (Å²) in [6.45, 7) is 3.47. The smallest absolute Gasteiger partial charge is 0.244 e. The molecule has 0 radical (unpaired) electrons. The number of sulfonamides is 1. The zero-order valence-electron chi connectivity index (χ0n) is 13.9. The summed E-state index contributed by atoms with van der Waals surface area (Å²) in [5.41, 5.74) is 1.02. The minimum absolute atomic E-state index is 0.0907. The molecule has 1 aromatic carbocycles. The van der Waals surface area contributed by atoms with Gasteiger partial charge in [-0.15, -0.1) is 0 Å². The van der Waals surface area contributed by atoms with E-state index in [-0.39, 0.29) is 11.5 Å². The van der Waals surface area contributed by atoms with Gasteiger partial charge in [0.2, 0.25) is 10.0 Å². The van der Waals surface area contributed by atoms with Crippen molar-refractivity contribution in [1.29, 1.82) is 0 Å². The van der Waals surface area contributed by atoms with Crippen LogP contribution in [0.15, 0.2) is 35.5 Å². The van der Waals surface area contributed by atoms with Gasteiger partial charge in [0, 0.05) is 25.2 Å². The van der Waals surface area contributed by atoms with Gasteiger partial charge in [-0.05, 0) is 25.5 Å². The Hall–Kier alpha value is -1.90. The maximum absolute atomic E-state index is 12.8. The van der Waals surface area contributed by atoms with Crippen LogP contribution < -0.4 is 9.46 Å². The first-order valence-electron chi connectivity index (χ1n) is 7.64. The zero-order chi connectivity index (χ0) is 17.5. The molecule has 3 rings (SSSR count). The van der Waals surface area contributed by atoms with Gasteiger partial charge in [0.15, 0.2) is 0 Å². The molecular formula is C16H21N3O4S.